The first-order valence-corrected chi connectivity index (χ1v) is 6.22. The van der Waals surface area contributed by atoms with Crippen molar-refractivity contribution in [2.45, 2.75) is 26.4 Å². The average Bonchev–Trinajstić information content (AvgIpc) is 2.50. The van der Waals surface area contributed by atoms with Crippen LogP contribution in [0.2, 0.25) is 0 Å². The van der Waals surface area contributed by atoms with Crippen LogP contribution in [-0.4, -0.2) is 42.9 Å². The largest absolute Gasteiger partial charge is 0.392 e. The first-order chi connectivity index (χ1) is 7.08. The lowest BCUT2D eigenvalue weighted by Crippen LogP contribution is -2.15. The van der Waals surface area contributed by atoms with Crippen LogP contribution >= 0.6 is 11.8 Å². The van der Waals surface area contributed by atoms with Gasteiger partial charge in [-0.05, 0) is 16.9 Å². The molecule has 0 aromatic carbocycles. The fourth-order valence-corrected chi connectivity index (χ4v) is 2.11. The molecule has 0 bridgehead atoms. The van der Waals surface area contributed by atoms with E-state index in [1.807, 2.05) is 0 Å². The SMILES string of the molecule is CC(C)CSCC(O)Cc1nnn(C)n1. The lowest BCUT2D eigenvalue weighted by molar-refractivity contribution is 0.197. The molecule has 15 heavy (non-hydrogen) atoms. The summed E-state index contributed by atoms with van der Waals surface area (Å²) in [5.74, 6) is 3.08. The van der Waals surface area contributed by atoms with Crippen molar-refractivity contribution in [1.82, 2.24) is 20.2 Å². The van der Waals surface area contributed by atoms with Crippen LogP contribution < -0.4 is 0 Å². The summed E-state index contributed by atoms with van der Waals surface area (Å²) in [7, 11) is 1.72. The van der Waals surface area contributed by atoms with Crippen LogP contribution in [0.3, 0.4) is 0 Å². The van der Waals surface area contributed by atoms with Gasteiger partial charge in [0, 0.05) is 12.2 Å². The van der Waals surface area contributed by atoms with Gasteiger partial charge in [0.2, 0.25) is 0 Å². The van der Waals surface area contributed by atoms with Crippen molar-refractivity contribution in [1.29, 1.82) is 0 Å². The van der Waals surface area contributed by atoms with Crippen molar-refractivity contribution in [3.63, 3.8) is 0 Å². The highest BCUT2D eigenvalue weighted by atomic mass is 32.2. The highest BCUT2D eigenvalue weighted by molar-refractivity contribution is 7.99. The molecule has 1 rings (SSSR count). The van der Waals surface area contributed by atoms with Crippen LogP contribution in [-0.2, 0) is 13.5 Å². The topological polar surface area (TPSA) is 63.8 Å². The maximum Gasteiger partial charge on any atom is 0.177 e. The molecule has 0 spiro atoms. The minimum Gasteiger partial charge on any atom is -0.392 e. The Morgan fingerprint density at radius 2 is 2.13 bits per heavy atom. The third-order valence-corrected chi connectivity index (χ3v) is 3.25. The average molecular weight is 230 g/mol. The number of tetrazole rings is 1. The lowest BCUT2D eigenvalue weighted by atomic mass is 10.3. The molecule has 5 nitrogen and oxygen atoms in total. The smallest absolute Gasteiger partial charge is 0.177 e. The molecule has 0 saturated heterocycles. The molecule has 1 N–H and O–H groups in total. The summed E-state index contributed by atoms with van der Waals surface area (Å²) in [6.45, 7) is 4.34. The van der Waals surface area contributed by atoms with Gasteiger partial charge in [0.05, 0.1) is 13.2 Å². The van der Waals surface area contributed by atoms with Gasteiger partial charge in [-0.1, -0.05) is 13.8 Å². The standard InChI is InChI=1S/C9H18N4OS/c1-7(2)5-15-6-8(14)4-9-10-12-13(3)11-9/h7-8,14H,4-6H2,1-3H3. The number of thioether (sulfide) groups is 1. The minimum absolute atomic E-state index is 0.377. The van der Waals surface area contributed by atoms with Crippen molar-refractivity contribution < 1.29 is 5.11 Å². The summed E-state index contributed by atoms with van der Waals surface area (Å²) in [5.41, 5.74) is 0. The monoisotopic (exact) mass is 230 g/mol. The second-order valence-electron chi connectivity index (χ2n) is 3.98. The van der Waals surface area contributed by atoms with Crippen molar-refractivity contribution in [2.24, 2.45) is 13.0 Å². The number of aliphatic hydroxyl groups excluding tert-OH is 1. The van der Waals surface area contributed by atoms with Gasteiger partial charge in [-0.15, -0.1) is 10.2 Å². The molecule has 1 aromatic rings. The van der Waals surface area contributed by atoms with E-state index in [2.05, 4.69) is 29.3 Å². The molecule has 0 aliphatic carbocycles. The van der Waals surface area contributed by atoms with E-state index in [0.29, 0.717) is 18.2 Å². The Bertz CT molecular complexity index is 289. The zero-order valence-electron chi connectivity index (χ0n) is 9.42. The van der Waals surface area contributed by atoms with E-state index in [1.54, 1.807) is 18.8 Å². The molecular formula is C9H18N4OS. The first kappa shape index (κ1) is 12.4. The van der Waals surface area contributed by atoms with Gasteiger partial charge in [-0.2, -0.15) is 16.6 Å². The van der Waals surface area contributed by atoms with Crippen molar-refractivity contribution in [3.05, 3.63) is 5.82 Å². The Kier molecular flexibility index (Phi) is 5.04. The van der Waals surface area contributed by atoms with Gasteiger partial charge in [0.25, 0.3) is 0 Å². The van der Waals surface area contributed by atoms with E-state index in [4.69, 9.17) is 0 Å². The van der Waals surface area contributed by atoms with Crippen LogP contribution in [0.4, 0.5) is 0 Å². The Morgan fingerprint density at radius 3 is 2.67 bits per heavy atom. The minimum atomic E-state index is -0.377. The predicted octanol–water partition coefficient (Wildman–Crippen LogP) is 0.503. The third kappa shape index (κ3) is 5.13. The quantitative estimate of drug-likeness (QED) is 0.771. The fourth-order valence-electron chi connectivity index (χ4n) is 1.11. The number of aryl methyl sites for hydroxylation is 1. The summed E-state index contributed by atoms with van der Waals surface area (Å²) < 4.78 is 0. The maximum atomic E-state index is 9.69. The Hall–Kier alpha value is -0.620. The molecule has 0 radical (unpaired) electrons. The van der Waals surface area contributed by atoms with Crippen LogP contribution in [0.1, 0.15) is 19.7 Å². The molecule has 0 fully saturated rings. The van der Waals surface area contributed by atoms with Crippen LogP contribution in [0, 0.1) is 5.92 Å². The van der Waals surface area contributed by atoms with E-state index < -0.39 is 0 Å². The number of nitrogens with zero attached hydrogens (tertiary/aromatic N) is 4. The maximum absolute atomic E-state index is 9.69. The molecule has 0 amide bonds. The van der Waals surface area contributed by atoms with E-state index in [0.717, 1.165) is 11.5 Å². The van der Waals surface area contributed by atoms with E-state index in [9.17, 15) is 5.11 Å². The van der Waals surface area contributed by atoms with Gasteiger partial charge >= 0.3 is 0 Å². The van der Waals surface area contributed by atoms with Crippen LogP contribution in [0.25, 0.3) is 0 Å². The predicted molar refractivity (Wildman–Crippen MR) is 60.7 cm³/mol. The summed E-state index contributed by atoms with van der Waals surface area (Å²) in [5, 5.41) is 21.3. The Labute approximate surface area is 94.3 Å². The normalized spacial score (nSPS) is 13.4. The molecule has 0 aliphatic heterocycles. The summed E-state index contributed by atoms with van der Waals surface area (Å²) in [6.07, 6.45) is 0.108. The van der Waals surface area contributed by atoms with Crippen LogP contribution in [0.5, 0.6) is 0 Å². The molecule has 1 atom stereocenters. The molecule has 1 heterocycles. The molecule has 0 saturated carbocycles. The third-order valence-electron chi connectivity index (χ3n) is 1.73. The van der Waals surface area contributed by atoms with Crippen molar-refractivity contribution in [2.75, 3.05) is 11.5 Å². The van der Waals surface area contributed by atoms with Crippen molar-refractivity contribution in [3.8, 4) is 0 Å². The molecule has 1 unspecified atom stereocenters. The summed E-state index contributed by atoms with van der Waals surface area (Å²) in [4.78, 5) is 1.41. The number of rotatable bonds is 6. The first-order valence-electron chi connectivity index (χ1n) is 5.06. The zero-order chi connectivity index (χ0) is 11.3. The van der Waals surface area contributed by atoms with Gasteiger partial charge < -0.3 is 5.11 Å². The zero-order valence-corrected chi connectivity index (χ0v) is 10.2. The molecule has 0 aliphatic rings. The number of hydrogen-bond donors (Lipinski definition) is 1. The fraction of sp³-hybridized carbons (Fsp3) is 0.889. The van der Waals surface area contributed by atoms with Gasteiger partial charge in [-0.25, -0.2) is 0 Å². The molecule has 86 valence electrons. The van der Waals surface area contributed by atoms with Crippen LogP contribution in [0.15, 0.2) is 0 Å². The molecule has 6 heteroatoms. The lowest BCUT2D eigenvalue weighted by Gasteiger charge is -2.08. The van der Waals surface area contributed by atoms with E-state index >= 15 is 0 Å². The number of aliphatic hydroxyl groups is 1. The summed E-state index contributed by atoms with van der Waals surface area (Å²) >= 11 is 1.76. The van der Waals surface area contributed by atoms with Crippen molar-refractivity contribution >= 4 is 11.8 Å². The Morgan fingerprint density at radius 1 is 1.40 bits per heavy atom. The highest BCUT2D eigenvalue weighted by Gasteiger charge is 2.10. The molecular weight excluding hydrogens is 212 g/mol. The van der Waals surface area contributed by atoms with Gasteiger partial charge in [0.15, 0.2) is 5.82 Å². The Balaban J connectivity index is 2.21. The van der Waals surface area contributed by atoms with E-state index in [1.165, 1.54) is 4.80 Å². The second-order valence-corrected chi connectivity index (χ2v) is 5.06. The highest BCUT2D eigenvalue weighted by Crippen LogP contribution is 2.10. The van der Waals surface area contributed by atoms with Gasteiger partial charge in [0.1, 0.15) is 0 Å². The van der Waals surface area contributed by atoms with Gasteiger partial charge in [-0.3, -0.25) is 0 Å². The molecule has 1 aromatic heterocycles. The van der Waals surface area contributed by atoms with E-state index in [-0.39, 0.29) is 6.10 Å². The summed E-state index contributed by atoms with van der Waals surface area (Å²) in [6, 6.07) is 0. The number of aromatic nitrogens is 4. The number of hydrogen-bond acceptors (Lipinski definition) is 5. The second kappa shape index (κ2) is 6.07.